The molecule has 0 unspecified atom stereocenters. The summed E-state index contributed by atoms with van der Waals surface area (Å²) in [6.07, 6.45) is 0. The number of fused-ring (bicyclic) bond motifs is 1. The highest BCUT2D eigenvalue weighted by atomic mass is 32.2. The van der Waals surface area contributed by atoms with Gasteiger partial charge in [0.2, 0.25) is 0 Å². The van der Waals surface area contributed by atoms with Crippen molar-refractivity contribution in [3.8, 4) is 5.75 Å². The van der Waals surface area contributed by atoms with Gasteiger partial charge in [-0.2, -0.15) is 8.42 Å². The second-order valence-corrected chi connectivity index (χ2v) is 5.61. The number of anilines is 1. The fraction of sp³-hybridized carbons (Fsp3) is 0. The monoisotopic (exact) mass is 287 g/mol. The summed E-state index contributed by atoms with van der Waals surface area (Å²) in [5.74, 6) is -0.324. The van der Waals surface area contributed by atoms with E-state index in [-0.39, 0.29) is 11.4 Å². The van der Waals surface area contributed by atoms with Crippen molar-refractivity contribution in [1.29, 1.82) is 0 Å². The van der Waals surface area contributed by atoms with Gasteiger partial charge in [-0.1, -0.05) is 0 Å². The molecule has 0 saturated heterocycles. The van der Waals surface area contributed by atoms with Crippen molar-refractivity contribution >= 4 is 44.9 Å². The minimum Gasteiger partial charge on any atom is -0.502 e. The lowest BCUT2D eigenvalue weighted by molar-refractivity contribution is -0.260. The first kappa shape index (κ1) is 13.0. The zero-order chi connectivity index (χ0) is 13.7. The van der Waals surface area contributed by atoms with Gasteiger partial charge in [0.15, 0.2) is 16.3 Å². The van der Waals surface area contributed by atoms with E-state index in [0.717, 1.165) is 0 Å². The maximum absolute atomic E-state index is 11.2. The van der Waals surface area contributed by atoms with Gasteiger partial charge in [0.05, 0.1) is 0 Å². The first-order valence-electron chi connectivity index (χ1n) is 4.80. The Hall–Kier alpha value is -1.48. The van der Waals surface area contributed by atoms with Gasteiger partial charge in [-0.25, -0.2) is 0 Å². The van der Waals surface area contributed by atoms with Crippen LogP contribution in [-0.4, -0.2) is 18.1 Å². The molecule has 0 aromatic heterocycles. The predicted octanol–water partition coefficient (Wildman–Crippen LogP) is 0.536. The van der Waals surface area contributed by atoms with Crippen molar-refractivity contribution in [2.75, 3.05) is 5.73 Å². The van der Waals surface area contributed by atoms with Crippen LogP contribution in [0.25, 0.3) is 10.8 Å². The molecule has 0 fully saturated rings. The van der Waals surface area contributed by atoms with E-state index >= 15 is 0 Å². The molecule has 2 rings (SSSR count). The normalized spacial score (nSPS) is 11.9. The molecule has 0 amide bonds. The number of phenolic OH excluding ortho intramolecular Hbond substituents is 1. The lowest BCUT2D eigenvalue weighted by Gasteiger charge is -2.09. The van der Waals surface area contributed by atoms with Gasteiger partial charge in [0.25, 0.3) is 0 Å². The molecule has 18 heavy (non-hydrogen) atoms. The van der Waals surface area contributed by atoms with Gasteiger partial charge in [-0.05, 0) is 18.2 Å². The van der Waals surface area contributed by atoms with Crippen LogP contribution in [0.4, 0.5) is 11.4 Å². The summed E-state index contributed by atoms with van der Waals surface area (Å²) in [5, 5.41) is 10.6. The minimum atomic E-state index is -4.47. The Morgan fingerprint density at radius 1 is 1.28 bits per heavy atom. The molecule has 0 aliphatic heterocycles. The van der Waals surface area contributed by atoms with Crippen LogP contribution in [0.5, 0.6) is 5.75 Å². The molecule has 7 N–H and O–H groups in total. The quantitative estimate of drug-likeness (QED) is 0.297. The number of benzene rings is 2. The summed E-state index contributed by atoms with van der Waals surface area (Å²) < 4.78 is 31.5. The van der Waals surface area contributed by atoms with Crippen LogP contribution in [0.3, 0.4) is 0 Å². The molecule has 6 nitrogen and oxygen atoms in total. The minimum absolute atomic E-state index is 0.164. The molecule has 0 atom stereocenters. The van der Waals surface area contributed by atoms with Crippen molar-refractivity contribution < 1.29 is 23.8 Å². The maximum Gasteiger partial charge on any atom is 0.300 e. The molecule has 0 bridgehead atoms. The Morgan fingerprint density at radius 3 is 2.44 bits per heavy atom. The molecule has 0 aliphatic carbocycles. The number of rotatable bonds is 1. The van der Waals surface area contributed by atoms with E-state index < -0.39 is 15.0 Å². The van der Waals surface area contributed by atoms with Crippen LogP contribution in [0.15, 0.2) is 28.0 Å². The van der Waals surface area contributed by atoms with E-state index in [0.29, 0.717) is 21.4 Å². The summed E-state index contributed by atoms with van der Waals surface area (Å²) in [5.41, 5.74) is 9.26. The van der Waals surface area contributed by atoms with E-state index in [4.69, 9.17) is 10.3 Å². The zero-order valence-corrected chi connectivity index (χ0v) is 10.8. The van der Waals surface area contributed by atoms with E-state index in [1.54, 1.807) is 0 Å². The first-order valence-corrected chi connectivity index (χ1v) is 6.68. The molecule has 96 valence electrons. The number of aromatic hydroxyl groups is 1. The van der Waals surface area contributed by atoms with Crippen LogP contribution < -0.4 is 11.5 Å². The molecular weight excluding hydrogens is 276 g/mol. The summed E-state index contributed by atoms with van der Waals surface area (Å²) in [6.45, 7) is 0. The van der Waals surface area contributed by atoms with Gasteiger partial charge in [0.1, 0.15) is 0 Å². The molecule has 2 aromatic rings. The number of phenols is 1. The second kappa shape index (κ2) is 4.02. The maximum atomic E-state index is 11.2. The Balaban J connectivity index is 3.03. The highest BCUT2D eigenvalue weighted by Gasteiger charge is 2.23. The third-order valence-corrected chi connectivity index (χ3v) is 4.06. The van der Waals surface area contributed by atoms with E-state index in [2.05, 4.69) is 18.4 Å². The van der Waals surface area contributed by atoms with Crippen molar-refractivity contribution in [2.45, 2.75) is 9.79 Å². The van der Waals surface area contributed by atoms with Crippen LogP contribution >= 0.6 is 12.6 Å². The molecule has 0 saturated carbocycles. The van der Waals surface area contributed by atoms with Crippen LogP contribution in [0.2, 0.25) is 0 Å². The third kappa shape index (κ3) is 1.89. The average Bonchev–Trinajstić information content (AvgIpc) is 2.26. The highest BCUT2D eigenvalue weighted by Crippen LogP contribution is 2.39. The molecule has 8 heteroatoms. The fourth-order valence-corrected chi connectivity index (χ4v) is 2.64. The average molecular weight is 287 g/mol. The highest BCUT2D eigenvalue weighted by molar-refractivity contribution is 7.86. The molecule has 0 aliphatic rings. The Kier molecular flexibility index (Phi) is 2.90. The first-order chi connectivity index (χ1) is 8.23. The van der Waals surface area contributed by atoms with E-state index in [9.17, 15) is 13.5 Å². The zero-order valence-electron chi connectivity index (χ0n) is 9.08. The van der Waals surface area contributed by atoms with Crippen molar-refractivity contribution in [1.82, 2.24) is 0 Å². The van der Waals surface area contributed by atoms with E-state index in [1.165, 1.54) is 18.2 Å². The summed E-state index contributed by atoms with van der Waals surface area (Å²) >= 11 is 4.16. The standard InChI is InChI=1S/C10H10N2O4S2/c11-6-2-1-4-5(10(6)17)3-7(18(14,15)16)8(12)9(4)13/h1-3,13,17H,11-12H2,(H,14,15,16)/p+1. The fourth-order valence-electron chi connectivity index (χ4n) is 1.71. The summed E-state index contributed by atoms with van der Waals surface area (Å²) in [6, 6.07) is 4.25. The number of hydrogen-bond acceptors (Lipinski definition) is 5. The topological polar surface area (TPSA) is 128 Å². The summed E-state index contributed by atoms with van der Waals surface area (Å²) in [7, 11) is -4.47. The van der Waals surface area contributed by atoms with Gasteiger partial charge < -0.3 is 16.6 Å². The number of nitrogens with two attached hydrogens (primary N) is 1. The van der Waals surface area contributed by atoms with Gasteiger partial charge in [0, 0.05) is 21.4 Å². The summed E-state index contributed by atoms with van der Waals surface area (Å²) in [4.78, 5) is -0.138. The van der Waals surface area contributed by atoms with Crippen molar-refractivity contribution in [2.24, 2.45) is 0 Å². The van der Waals surface area contributed by atoms with Gasteiger partial charge >= 0.3 is 10.1 Å². The van der Waals surface area contributed by atoms with Gasteiger partial charge in [-0.15, -0.1) is 12.6 Å². The molecule has 0 spiro atoms. The lowest BCUT2D eigenvalue weighted by atomic mass is 10.1. The number of quaternary nitrogens is 1. The smallest absolute Gasteiger partial charge is 0.300 e. The van der Waals surface area contributed by atoms with Crippen molar-refractivity contribution in [3.63, 3.8) is 0 Å². The second-order valence-electron chi connectivity index (χ2n) is 3.78. The number of thiol groups is 1. The molecule has 0 heterocycles. The SMILES string of the molecule is Nc1ccc2c(O)c([NH3+])c(S(=O)(=O)O)cc2c1S. The number of hydrogen-bond donors (Lipinski definition) is 5. The largest absolute Gasteiger partial charge is 0.502 e. The van der Waals surface area contributed by atoms with E-state index in [1.807, 2.05) is 0 Å². The van der Waals surface area contributed by atoms with Gasteiger partial charge in [-0.3, -0.25) is 4.55 Å². The molecular formula is C10H11N2O4S2+. The van der Waals surface area contributed by atoms with Crippen molar-refractivity contribution in [3.05, 3.63) is 18.2 Å². The van der Waals surface area contributed by atoms with Crippen LogP contribution in [0.1, 0.15) is 0 Å². The van der Waals surface area contributed by atoms with Crippen LogP contribution in [-0.2, 0) is 10.1 Å². The Morgan fingerprint density at radius 2 is 1.89 bits per heavy atom. The number of nitrogen functional groups attached to an aromatic ring is 1. The third-order valence-electron chi connectivity index (χ3n) is 2.64. The predicted molar refractivity (Wildman–Crippen MR) is 69.6 cm³/mol. The lowest BCUT2D eigenvalue weighted by Crippen LogP contribution is -2.42. The Labute approximate surface area is 108 Å². The molecule has 2 aromatic carbocycles. The molecule has 0 radical (unpaired) electrons. The Bertz CT molecular complexity index is 756. The van der Waals surface area contributed by atoms with Crippen LogP contribution in [0, 0.1) is 0 Å².